The lowest BCUT2D eigenvalue weighted by atomic mass is 9.94. The van der Waals surface area contributed by atoms with Crippen LogP contribution < -0.4 is 0 Å². The summed E-state index contributed by atoms with van der Waals surface area (Å²) in [5, 5.41) is 2.73. The number of rotatable bonds is 5. The number of nitrogens with zero attached hydrogens (tertiary/aromatic N) is 1. The Bertz CT molecular complexity index is 751. The molecule has 110 valence electrons. The molecule has 1 atom stereocenters. The monoisotopic (exact) mass is 279 g/mol. The van der Waals surface area contributed by atoms with Gasteiger partial charge in [-0.05, 0) is 30.0 Å². The molecule has 21 heavy (non-hydrogen) atoms. The van der Waals surface area contributed by atoms with Crippen LogP contribution >= 0.6 is 0 Å². The molecule has 1 heteroatoms. The molecule has 0 radical (unpaired) electrons. The summed E-state index contributed by atoms with van der Waals surface area (Å²) in [5.41, 5.74) is 4.16. The fourth-order valence-corrected chi connectivity index (χ4v) is 3.35. The molecule has 0 N–H and O–H groups in total. The van der Waals surface area contributed by atoms with Crippen molar-refractivity contribution in [2.45, 2.75) is 45.4 Å². The van der Waals surface area contributed by atoms with Crippen LogP contribution in [-0.2, 0) is 7.05 Å². The molecule has 1 nitrogen and oxygen atoms in total. The van der Waals surface area contributed by atoms with E-state index >= 15 is 0 Å². The molecular weight excluding hydrogens is 254 g/mol. The number of para-hydroxylation sites is 1. The first-order valence-corrected chi connectivity index (χ1v) is 8.19. The zero-order valence-electron chi connectivity index (χ0n) is 13.4. The van der Waals surface area contributed by atoms with Gasteiger partial charge in [0.25, 0.3) is 0 Å². The molecule has 0 fully saturated rings. The molecule has 1 heterocycles. The van der Waals surface area contributed by atoms with E-state index in [1.165, 1.54) is 53.1 Å². The van der Waals surface area contributed by atoms with Crippen LogP contribution in [0.5, 0.6) is 0 Å². The molecule has 3 aromatic rings. The van der Waals surface area contributed by atoms with Crippen molar-refractivity contribution in [3.8, 4) is 0 Å². The Kier molecular flexibility index (Phi) is 4.01. The van der Waals surface area contributed by atoms with Crippen molar-refractivity contribution in [1.29, 1.82) is 0 Å². The predicted octanol–water partition coefficient (Wildman–Crippen LogP) is 6.02. The first-order valence-electron chi connectivity index (χ1n) is 8.19. The van der Waals surface area contributed by atoms with Gasteiger partial charge in [-0.15, -0.1) is 0 Å². The number of aryl methyl sites for hydroxylation is 1. The fourth-order valence-electron chi connectivity index (χ4n) is 3.35. The molecule has 3 rings (SSSR count). The minimum atomic E-state index is 0.652. The Morgan fingerprint density at radius 1 is 0.952 bits per heavy atom. The van der Waals surface area contributed by atoms with Crippen molar-refractivity contribution < 1.29 is 0 Å². The Morgan fingerprint density at radius 3 is 2.52 bits per heavy atom. The van der Waals surface area contributed by atoms with E-state index in [2.05, 4.69) is 67.9 Å². The van der Waals surface area contributed by atoms with E-state index in [0.717, 1.165) is 0 Å². The molecule has 0 aliphatic heterocycles. The van der Waals surface area contributed by atoms with Gasteiger partial charge in [0.2, 0.25) is 0 Å². The third kappa shape index (κ3) is 2.57. The van der Waals surface area contributed by atoms with Crippen molar-refractivity contribution in [3.63, 3.8) is 0 Å². The molecular formula is C20H25N. The molecule has 0 bridgehead atoms. The molecule has 0 aliphatic carbocycles. The van der Waals surface area contributed by atoms with E-state index in [-0.39, 0.29) is 0 Å². The van der Waals surface area contributed by atoms with E-state index in [1.54, 1.807) is 0 Å². The highest BCUT2D eigenvalue weighted by molar-refractivity contribution is 6.08. The van der Waals surface area contributed by atoms with Gasteiger partial charge < -0.3 is 4.57 Å². The van der Waals surface area contributed by atoms with Gasteiger partial charge in [0.1, 0.15) is 0 Å². The lowest BCUT2D eigenvalue weighted by Crippen LogP contribution is -1.95. The topological polar surface area (TPSA) is 4.93 Å². The minimum absolute atomic E-state index is 0.652. The van der Waals surface area contributed by atoms with E-state index in [9.17, 15) is 0 Å². The Morgan fingerprint density at radius 2 is 1.71 bits per heavy atom. The van der Waals surface area contributed by atoms with E-state index < -0.39 is 0 Å². The lowest BCUT2D eigenvalue weighted by Gasteiger charge is -2.12. The maximum absolute atomic E-state index is 2.39. The van der Waals surface area contributed by atoms with Crippen LogP contribution in [0.1, 0.15) is 51.0 Å². The number of benzene rings is 2. The summed E-state index contributed by atoms with van der Waals surface area (Å²) < 4.78 is 2.33. The van der Waals surface area contributed by atoms with Crippen molar-refractivity contribution >= 4 is 21.8 Å². The van der Waals surface area contributed by atoms with Crippen LogP contribution in [0.15, 0.2) is 42.5 Å². The SMILES string of the molecule is CCCCC[C@@H](C)c1ccc2c3ccccc3n(C)c2c1. The van der Waals surface area contributed by atoms with E-state index in [0.29, 0.717) is 5.92 Å². The van der Waals surface area contributed by atoms with E-state index in [4.69, 9.17) is 0 Å². The molecule has 2 aromatic carbocycles. The third-order valence-corrected chi connectivity index (χ3v) is 4.75. The highest BCUT2D eigenvalue weighted by atomic mass is 14.9. The number of hydrogen-bond acceptors (Lipinski definition) is 0. The van der Waals surface area contributed by atoms with E-state index in [1.807, 2.05) is 0 Å². The first-order chi connectivity index (χ1) is 10.2. The summed E-state index contributed by atoms with van der Waals surface area (Å²) in [6.07, 6.45) is 5.28. The van der Waals surface area contributed by atoms with Gasteiger partial charge in [-0.1, -0.05) is 63.4 Å². The van der Waals surface area contributed by atoms with Crippen LogP contribution in [0.2, 0.25) is 0 Å². The fraction of sp³-hybridized carbons (Fsp3) is 0.400. The maximum atomic E-state index is 2.39. The average molecular weight is 279 g/mol. The van der Waals surface area contributed by atoms with Gasteiger partial charge in [-0.25, -0.2) is 0 Å². The molecule has 1 aromatic heterocycles. The summed E-state index contributed by atoms with van der Waals surface area (Å²) in [5.74, 6) is 0.652. The zero-order valence-corrected chi connectivity index (χ0v) is 13.4. The lowest BCUT2D eigenvalue weighted by molar-refractivity contribution is 0.598. The van der Waals surface area contributed by atoms with Crippen LogP contribution in [-0.4, -0.2) is 4.57 Å². The highest BCUT2D eigenvalue weighted by Crippen LogP contribution is 2.31. The van der Waals surface area contributed by atoms with Crippen molar-refractivity contribution in [3.05, 3.63) is 48.0 Å². The predicted molar refractivity (Wildman–Crippen MR) is 93.0 cm³/mol. The van der Waals surface area contributed by atoms with Crippen molar-refractivity contribution in [1.82, 2.24) is 4.57 Å². The Labute approximate surface area is 127 Å². The summed E-state index contributed by atoms with van der Waals surface area (Å²) in [7, 11) is 2.18. The van der Waals surface area contributed by atoms with Gasteiger partial charge in [-0.3, -0.25) is 0 Å². The van der Waals surface area contributed by atoms with Crippen molar-refractivity contribution in [2.75, 3.05) is 0 Å². The Balaban J connectivity index is 2.00. The average Bonchev–Trinajstić information content (AvgIpc) is 2.81. The van der Waals surface area contributed by atoms with Gasteiger partial charge in [0, 0.05) is 28.9 Å². The van der Waals surface area contributed by atoms with Crippen LogP contribution in [0.25, 0.3) is 21.8 Å². The molecule has 0 saturated carbocycles. The maximum Gasteiger partial charge on any atom is 0.0491 e. The summed E-state index contributed by atoms with van der Waals surface area (Å²) >= 11 is 0. The standard InChI is InChI=1S/C20H25N/c1-4-5-6-9-15(2)16-12-13-18-17-10-7-8-11-19(17)21(3)20(18)14-16/h7-8,10-15H,4-6,9H2,1-3H3/t15-/m1/s1. The van der Waals surface area contributed by atoms with Crippen LogP contribution in [0.3, 0.4) is 0 Å². The molecule has 0 saturated heterocycles. The molecule has 0 spiro atoms. The van der Waals surface area contributed by atoms with Gasteiger partial charge in [-0.2, -0.15) is 0 Å². The third-order valence-electron chi connectivity index (χ3n) is 4.75. The summed E-state index contributed by atoms with van der Waals surface area (Å²) in [6, 6.07) is 15.7. The zero-order chi connectivity index (χ0) is 14.8. The largest absolute Gasteiger partial charge is 0.344 e. The van der Waals surface area contributed by atoms with Gasteiger partial charge in [0.15, 0.2) is 0 Å². The Hall–Kier alpha value is -1.76. The summed E-state index contributed by atoms with van der Waals surface area (Å²) in [6.45, 7) is 4.63. The number of aromatic nitrogens is 1. The number of fused-ring (bicyclic) bond motifs is 3. The first kappa shape index (κ1) is 14.2. The second-order valence-corrected chi connectivity index (χ2v) is 6.25. The number of unbranched alkanes of at least 4 members (excludes halogenated alkanes) is 2. The number of hydrogen-bond donors (Lipinski definition) is 0. The van der Waals surface area contributed by atoms with Gasteiger partial charge >= 0.3 is 0 Å². The minimum Gasteiger partial charge on any atom is -0.344 e. The quantitative estimate of drug-likeness (QED) is 0.504. The van der Waals surface area contributed by atoms with Crippen LogP contribution in [0, 0.1) is 0 Å². The van der Waals surface area contributed by atoms with Gasteiger partial charge in [0.05, 0.1) is 0 Å². The van der Waals surface area contributed by atoms with Crippen LogP contribution in [0.4, 0.5) is 0 Å². The normalized spacial score (nSPS) is 13.1. The highest BCUT2D eigenvalue weighted by Gasteiger charge is 2.11. The second kappa shape index (κ2) is 5.93. The molecule has 0 amide bonds. The molecule has 0 aliphatic rings. The van der Waals surface area contributed by atoms with Crippen molar-refractivity contribution in [2.24, 2.45) is 7.05 Å². The smallest absolute Gasteiger partial charge is 0.0491 e. The second-order valence-electron chi connectivity index (χ2n) is 6.25. The molecule has 0 unspecified atom stereocenters. The summed E-state index contributed by atoms with van der Waals surface area (Å²) in [4.78, 5) is 0.